The summed E-state index contributed by atoms with van der Waals surface area (Å²) in [4.78, 5) is 2.59. The van der Waals surface area contributed by atoms with Crippen LogP contribution in [0.15, 0.2) is 33.6 Å². The van der Waals surface area contributed by atoms with E-state index in [2.05, 4.69) is 32.5 Å². The van der Waals surface area contributed by atoms with Crippen LogP contribution in [0.3, 0.4) is 0 Å². The van der Waals surface area contributed by atoms with Crippen LogP contribution in [-0.4, -0.2) is 39.0 Å². The number of likely N-dealkylation sites (N-methyl/N-ethyl adjacent to an activating group) is 1. The van der Waals surface area contributed by atoms with Crippen molar-refractivity contribution in [3.63, 3.8) is 0 Å². The molecule has 0 aromatic heterocycles. The number of likely N-dealkylation sites (tertiary alicyclic amines) is 1. The summed E-state index contributed by atoms with van der Waals surface area (Å²) in [5.74, 6) is 0. The highest BCUT2D eigenvalue weighted by Gasteiger charge is 2.24. The normalized spacial score (nSPS) is 21.5. The highest BCUT2D eigenvalue weighted by Crippen LogP contribution is 2.18. The van der Waals surface area contributed by atoms with Crippen LogP contribution >= 0.6 is 15.9 Å². The monoisotopic (exact) mass is 346 g/mol. The van der Waals surface area contributed by atoms with Crippen LogP contribution in [0.5, 0.6) is 0 Å². The lowest BCUT2D eigenvalue weighted by atomic mass is 10.1. The molecular formula is C13H19BrN2O2S. The number of nitrogens with one attached hydrogen (secondary N) is 1. The predicted molar refractivity (Wildman–Crippen MR) is 79.6 cm³/mol. The molecule has 0 spiro atoms. The quantitative estimate of drug-likeness (QED) is 0.909. The Morgan fingerprint density at radius 2 is 2.26 bits per heavy atom. The third-order valence-electron chi connectivity index (χ3n) is 3.38. The highest BCUT2D eigenvalue weighted by molar-refractivity contribution is 9.10. The second kappa shape index (κ2) is 6.35. The number of rotatable bonds is 4. The third kappa shape index (κ3) is 4.02. The summed E-state index contributed by atoms with van der Waals surface area (Å²) >= 11 is 3.30. The van der Waals surface area contributed by atoms with Gasteiger partial charge >= 0.3 is 0 Å². The lowest BCUT2D eigenvalue weighted by Crippen LogP contribution is -2.47. The van der Waals surface area contributed by atoms with Crippen molar-refractivity contribution in [2.75, 3.05) is 19.6 Å². The van der Waals surface area contributed by atoms with Crippen LogP contribution in [-0.2, 0) is 10.0 Å². The van der Waals surface area contributed by atoms with E-state index in [0.717, 1.165) is 36.9 Å². The molecule has 6 heteroatoms. The summed E-state index contributed by atoms with van der Waals surface area (Å²) < 4.78 is 28.2. The molecule has 2 rings (SSSR count). The Hall–Kier alpha value is -0.430. The molecule has 4 nitrogen and oxygen atoms in total. The molecule has 1 heterocycles. The Morgan fingerprint density at radius 3 is 2.95 bits per heavy atom. The van der Waals surface area contributed by atoms with Crippen LogP contribution in [0, 0.1) is 0 Å². The van der Waals surface area contributed by atoms with E-state index in [1.807, 2.05) is 6.07 Å². The minimum Gasteiger partial charge on any atom is -0.302 e. The molecule has 1 aromatic carbocycles. The van der Waals surface area contributed by atoms with E-state index in [4.69, 9.17) is 0 Å². The molecule has 1 aliphatic rings. The zero-order valence-corrected chi connectivity index (χ0v) is 13.4. The molecule has 0 bridgehead atoms. The first-order valence-corrected chi connectivity index (χ1v) is 8.79. The van der Waals surface area contributed by atoms with Crippen molar-refractivity contribution in [3.05, 3.63) is 28.7 Å². The van der Waals surface area contributed by atoms with Gasteiger partial charge < -0.3 is 4.90 Å². The Labute approximate surface area is 123 Å². The number of benzene rings is 1. The summed E-state index contributed by atoms with van der Waals surface area (Å²) in [6.45, 7) is 4.93. The second-order valence-electron chi connectivity index (χ2n) is 4.81. The Kier molecular flexibility index (Phi) is 5.00. The number of sulfonamides is 1. The van der Waals surface area contributed by atoms with Gasteiger partial charge in [-0.1, -0.05) is 28.9 Å². The summed E-state index contributed by atoms with van der Waals surface area (Å²) in [6, 6.07) is 6.81. The minimum atomic E-state index is -3.42. The van der Waals surface area contributed by atoms with Gasteiger partial charge in [0.1, 0.15) is 0 Å². The maximum absolute atomic E-state index is 12.3. The first-order valence-electron chi connectivity index (χ1n) is 6.51. The van der Waals surface area contributed by atoms with Crippen LogP contribution in [0.25, 0.3) is 0 Å². The number of hydrogen-bond acceptors (Lipinski definition) is 3. The summed E-state index contributed by atoms with van der Waals surface area (Å²) in [7, 11) is -3.42. The van der Waals surface area contributed by atoms with Gasteiger partial charge in [-0.15, -0.1) is 0 Å². The first-order chi connectivity index (χ1) is 9.01. The molecule has 106 valence electrons. The standard InChI is InChI=1S/C13H19BrN2O2S/c1-2-16-8-4-6-12(10-16)15-19(17,18)13-7-3-5-11(14)9-13/h3,5,7,9,12,15H,2,4,6,8,10H2,1H3. The molecule has 0 saturated carbocycles. The molecule has 1 aromatic rings. The fourth-order valence-corrected chi connectivity index (χ4v) is 4.22. The van der Waals surface area contributed by atoms with E-state index in [-0.39, 0.29) is 6.04 Å². The average Bonchev–Trinajstić information content (AvgIpc) is 2.38. The smallest absolute Gasteiger partial charge is 0.240 e. The lowest BCUT2D eigenvalue weighted by molar-refractivity contribution is 0.211. The molecule has 19 heavy (non-hydrogen) atoms. The van der Waals surface area contributed by atoms with Gasteiger partial charge in [0, 0.05) is 17.1 Å². The Balaban J connectivity index is 2.09. The topological polar surface area (TPSA) is 49.4 Å². The molecule has 1 atom stereocenters. The van der Waals surface area contributed by atoms with Gasteiger partial charge in [0.2, 0.25) is 10.0 Å². The van der Waals surface area contributed by atoms with E-state index < -0.39 is 10.0 Å². The molecule has 1 unspecified atom stereocenters. The predicted octanol–water partition coefficient (Wildman–Crippen LogP) is 2.21. The second-order valence-corrected chi connectivity index (χ2v) is 7.44. The van der Waals surface area contributed by atoms with Crippen molar-refractivity contribution < 1.29 is 8.42 Å². The number of halogens is 1. The van der Waals surface area contributed by atoms with E-state index in [9.17, 15) is 8.42 Å². The fourth-order valence-electron chi connectivity index (χ4n) is 2.36. The Morgan fingerprint density at radius 1 is 1.47 bits per heavy atom. The fraction of sp³-hybridized carbons (Fsp3) is 0.538. The van der Waals surface area contributed by atoms with Gasteiger partial charge in [0.25, 0.3) is 0 Å². The minimum absolute atomic E-state index is 0.0117. The van der Waals surface area contributed by atoms with Gasteiger partial charge in [0.05, 0.1) is 4.90 Å². The van der Waals surface area contributed by atoms with Crippen molar-refractivity contribution in [2.24, 2.45) is 0 Å². The Bertz CT molecular complexity index is 533. The number of nitrogens with zero attached hydrogens (tertiary/aromatic N) is 1. The molecule has 1 aliphatic heterocycles. The summed E-state index contributed by atoms with van der Waals surface area (Å²) in [5, 5.41) is 0. The van der Waals surface area contributed by atoms with Crippen LogP contribution in [0.1, 0.15) is 19.8 Å². The largest absolute Gasteiger partial charge is 0.302 e. The molecule has 1 N–H and O–H groups in total. The van der Waals surface area contributed by atoms with Crippen LogP contribution in [0.4, 0.5) is 0 Å². The van der Waals surface area contributed by atoms with E-state index in [0.29, 0.717) is 4.90 Å². The molecule has 0 aliphatic carbocycles. The van der Waals surface area contributed by atoms with E-state index >= 15 is 0 Å². The van der Waals surface area contributed by atoms with E-state index in [1.165, 1.54) is 0 Å². The van der Waals surface area contributed by atoms with Crippen molar-refractivity contribution >= 4 is 26.0 Å². The molecule has 0 amide bonds. The van der Waals surface area contributed by atoms with E-state index in [1.54, 1.807) is 18.2 Å². The maximum atomic E-state index is 12.3. The first kappa shape index (κ1) is 15.0. The van der Waals surface area contributed by atoms with Gasteiger partial charge in [-0.3, -0.25) is 0 Å². The SMILES string of the molecule is CCN1CCCC(NS(=O)(=O)c2cccc(Br)c2)C1. The zero-order chi connectivity index (χ0) is 13.9. The van der Waals surface area contributed by atoms with Crippen molar-refractivity contribution in [1.29, 1.82) is 0 Å². The van der Waals surface area contributed by atoms with Gasteiger partial charge in [0.15, 0.2) is 0 Å². The molecule has 0 radical (unpaired) electrons. The van der Waals surface area contributed by atoms with Gasteiger partial charge in [-0.2, -0.15) is 0 Å². The average molecular weight is 347 g/mol. The molecular weight excluding hydrogens is 328 g/mol. The number of piperidine rings is 1. The lowest BCUT2D eigenvalue weighted by Gasteiger charge is -2.32. The molecule has 1 fully saturated rings. The summed E-state index contributed by atoms with van der Waals surface area (Å²) in [6.07, 6.45) is 1.95. The maximum Gasteiger partial charge on any atom is 0.240 e. The zero-order valence-electron chi connectivity index (χ0n) is 11.0. The van der Waals surface area contributed by atoms with Crippen LogP contribution in [0.2, 0.25) is 0 Å². The molecule has 1 saturated heterocycles. The summed E-state index contributed by atoms with van der Waals surface area (Å²) in [5.41, 5.74) is 0. The van der Waals surface area contributed by atoms with Crippen LogP contribution < -0.4 is 4.72 Å². The number of hydrogen-bond donors (Lipinski definition) is 1. The van der Waals surface area contributed by atoms with Crippen molar-refractivity contribution in [1.82, 2.24) is 9.62 Å². The highest BCUT2D eigenvalue weighted by atomic mass is 79.9. The van der Waals surface area contributed by atoms with Crippen molar-refractivity contribution in [3.8, 4) is 0 Å². The van der Waals surface area contributed by atoms with Crippen molar-refractivity contribution in [2.45, 2.75) is 30.7 Å². The van der Waals surface area contributed by atoms with Gasteiger partial charge in [-0.25, -0.2) is 13.1 Å². The third-order valence-corrected chi connectivity index (χ3v) is 5.39. The van der Waals surface area contributed by atoms with Gasteiger partial charge in [-0.05, 0) is 44.1 Å².